The minimum Gasteiger partial charge on any atom is -0.356 e. The lowest BCUT2D eigenvalue weighted by atomic mass is 10.1. The average molecular weight is 438 g/mol. The third-order valence-corrected chi connectivity index (χ3v) is 5.72. The molecule has 8 heteroatoms. The molecule has 1 aliphatic heterocycles. The van der Waals surface area contributed by atoms with Crippen molar-refractivity contribution in [2.24, 2.45) is 5.73 Å². The molecule has 1 saturated heterocycles. The number of hydrogen-bond donors (Lipinski definition) is 1. The van der Waals surface area contributed by atoms with E-state index in [0.717, 1.165) is 24.8 Å². The van der Waals surface area contributed by atoms with E-state index >= 15 is 0 Å². The third-order valence-electron chi connectivity index (χ3n) is 5.48. The van der Waals surface area contributed by atoms with Gasteiger partial charge in [0.2, 0.25) is 0 Å². The van der Waals surface area contributed by atoms with Crippen molar-refractivity contribution in [1.29, 1.82) is 0 Å². The summed E-state index contributed by atoms with van der Waals surface area (Å²) in [5.74, 6) is 6.34. The monoisotopic (exact) mass is 437 g/mol. The molecule has 3 aromatic rings. The molecular weight excluding hydrogens is 414 g/mol. The van der Waals surface area contributed by atoms with Crippen LogP contribution in [-0.4, -0.2) is 33.2 Å². The summed E-state index contributed by atoms with van der Waals surface area (Å²) in [5, 5.41) is 1.52. The maximum atomic E-state index is 13.3. The Hall–Kier alpha value is -3.08. The van der Waals surface area contributed by atoms with E-state index in [0.29, 0.717) is 28.6 Å². The van der Waals surface area contributed by atoms with Crippen molar-refractivity contribution < 1.29 is 0 Å². The predicted molar refractivity (Wildman–Crippen MR) is 124 cm³/mol. The van der Waals surface area contributed by atoms with Crippen molar-refractivity contribution in [2.45, 2.75) is 38.9 Å². The summed E-state index contributed by atoms with van der Waals surface area (Å²) in [6.45, 7) is 3.36. The fourth-order valence-corrected chi connectivity index (χ4v) is 4.09. The zero-order chi connectivity index (χ0) is 22.0. The van der Waals surface area contributed by atoms with Crippen molar-refractivity contribution in [2.75, 3.05) is 18.0 Å². The van der Waals surface area contributed by atoms with Crippen LogP contribution in [0.3, 0.4) is 0 Å². The first-order valence-corrected chi connectivity index (χ1v) is 10.6. The van der Waals surface area contributed by atoms with Gasteiger partial charge in [0, 0.05) is 35.6 Å². The minimum atomic E-state index is -0.405. The minimum absolute atomic E-state index is 0.0191. The Morgan fingerprint density at radius 3 is 2.77 bits per heavy atom. The van der Waals surface area contributed by atoms with Gasteiger partial charge in [-0.05, 0) is 38.0 Å². The molecule has 4 rings (SSSR count). The fraction of sp³-hybridized carbons (Fsp3) is 0.348. The highest BCUT2D eigenvalue weighted by Gasteiger charge is 2.22. The third kappa shape index (κ3) is 4.50. The van der Waals surface area contributed by atoms with Gasteiger partial charge in [-0.15, -0.1) is 5.92 Å². The molecule has 0 saturated carbocycles. The van der Waals surface area contributed by atoms with E-state index in [1.807, 2.05) is 23.1 Å². The molecule has 1 aliphatic rings. The van der Waals surface area contributed by atoms with Crippen molar-refractivity contribution >= 4 is 28.3 Å². The van der Waals surface area contributed by atoms with Crippen LogP contribution >= 0.6 is 11.6 Å². The fourth-order valence-electron chi connectivity index (χ4n) is 3.92. The molecule has 0 radical (unpaired) electrons. The Kier molecular flexibility index (Phi) is 6.12. The molecule has 0 spiro atoms. The van der Waals surface area contributed by atoms with Crippen LogP contribution in [-0.2, 0) is 13.1 Å². The van der Waals surface area contributed by atoms with Crippen molar-refractivity contribution in [3.8, 4) is 11.8 Å². The molecule has 2 aromatic heterocycles. The van der Waals surface area contributed by atoms with Crippen LogP contribution in [0.4, 0.5) is 5.82 Å². The lowest BCUT2D eigenvalue weighted by Crippen LogP contribution is -2.48. The van der Waals surface area contributed by atoms with Gasteiger partial charge in [0.15, 0.2) is 0 Å². The second-order valence-corrected chi connectivity index (χ2v) is 8.15. The number of benzene rings is 1. The van der Waals surface area contributed by atoms with Gasteiger partial charge >= 0.3 is 5.69 Å². The van der Waals surface area contributed by atoms with Gasteiger partial charge in [-0.3, -0.25) is 18.9 Å². The number of nitrogens with two attached hydrogens (primary N) is 1. The summed E-state index contributed by atoms with van der Waals surface area (Å²) >= 11 is 6.08. The van der Waals surface area contributed by atoms with E-state index in [9.17, 15) is 9.59 Å². The van der Waals surface area contributed by atoms with Crippen LogP contribution in [0.2, 0.25) is 5.02 Å². The Labute approximate surface area is 185 Å². The van der Waals surface area contributed by atoms with Crippen LogP contribution in [0.5, 0.6) is 0 Å². The highest BCUT2D eigenvalue weighted by atomic mass is 35.5. The number of hydrogen-bond acceptors (Lipinski definition) is 5. The second-order valence-electron chi connectivity index (χ2n) is 7.71. The van der Waals surface area contributed by atoms with Crippen LogP contribution in [0.25, 0.3) is 10.9 Å². The smallest absolute Gasteiger partial charge is 0.333 e. The molecule has 0 amide bonds. The quantitative estimate of drug-likeness (QED) is 0.632. The zero-order valence-electron chi connectivity index (χ0n) is 17.3. The van der Waals surface area contributed by atoms with E-state index in [2.05, 4.69) is 16.8 Å². The second kappa shape index (κ2) is 8.96. The molecule has 1 unspecified atom stereocenters. The summed E-state index contributed by atoms with van der Waals surface area (Å²) in [6.07, 6.45) is 1.85. The van der Waals surface area contributed by atoms with Gasteiger partial charge in [0.25, 0.3) is 5.56 Å². The number of rotatable bonds is 4. The van der Waals surface area contributed by atoms with Crippen LogP contribution in [0.15, 0.2) is 46.0 Å². The topological polar surface area (TPSA) is 86.2 Å². The molecule has 0 aliphatic carbocycles. The molecule has 2 N–H and O–H groups in total. The zero-order valence-corrected chi connectivity index (χ0v) is 18.1. The van der Waals surface area contributed by atoms with Crippen molar-refractivity contribution in [3.05, 3.63) is 68.0 Å². The van der Waals surface area contributed by atoms with Gasteiger partial charge in [-0.25, -0.2) is 4.79 Å². The summed E-state index contributed by atoms with van der Waals surface area (Å²) < 4.78 is 2.75. The SMILES string of the molecule is CC#CCn1c(N2CCCC(N)C2)cc(=O)n(Cc2ccc3ccc(Cl)cc3n2)c1=O. The van der Waals surface area contributed by atoms with Gasteiger partial charge in [0.1, 0.15) is 5.82 Å². The van der Waals surface area contributed by atoms with Crippen molar-refractivity contribution in [3.63, 3.8) is 0 Å². The number of nitrogens with zero attached hydrogens (tertiary/aromatic N) is 4. The van der Waals surface area contributed by atoms with Crippen LogP contribution in [0.1, 0.15) is 25.5 Å². The van der Waals surface area contributed by atoms with Gasteiger partial charge in [-0.2, -0.15) is 0 Å². The molecule has 31 heavy (non-hydrogen) atoms. The van der Waals surface area contributed by atoms with Gasteiger partial charge < -0.3 is 10.6 Å². The molecule has 7 nitrogen and oxygen atoms in total. The first-order chi connectivity index (χ1) is 15.0. The first kappa shape index (κ1) is 21.2. The summed E-state index contributed by atoms with van der Waals surface area (Å²) in [6, 6.07) is 10.7. The number of fused-ring (bicyclic) bond motifs is 1. The normalized spacial score (nSPS) is 16.2. The van der Waals surface area contributed by atoms with Crippen LogP contribution < -0.4 is 21.9 Å². The number of anilines is 1. The number of halogens is 1. The predicted octanol–water partition coefficient (Wildman–Crippen LogP) is 2.21. The summed E-state index contributed by atoms with van der Waals surface area (Å²) in [4.78, 5) is 32.8. The average Bonchev–Trinajstić information content (AvgIpc) is 2.75. The largest absolute Gasteiger partial charge is 0.356 e. The highest BCUT2D eigenvalue weighted by Crippen LogP contribution is 2.19. The Morgan fingerprint density at radius 1 is 1.19 bits per heavy atom. The van der Waals surface area contributed by atoms with Crippen molar-refractivity contribution in [1.82, 2.24) is 14.1 Å². The van der Waals surface area contributed by atoms with E-state index < -0.39 is 5.69 Å². The maximum Gasteiger partial charge on any atom is 0.333 e. The molecule has 0 bridgehead atoms. The van der Waals surface area contributed by atoms with E-state index in [4.69, 9.17) is 17.3 Å². The van der Waals surface area contributed by atoms with E-state index in [-0.39, 0.29) is 24.7 Å². The molecule has 1 aromatic carbocycles. The Bertz CT molecular complexity index is 1300. The first-order valence-electron chi connectivity index (χ1n) is 10.3. The van der Waals surface area contributed by atoms with Crippen LogP contribution in [0, 0.1) is 11.8 Å². The lowest BCUT2D eigenvalue weighted by molar-refractivity contribution is 0.491. The standard InChI is InChI=1S/C23H24ClN5O2/c1-2-3-11-28-21(27-10-4-5-18(25)14-27)13-22(30)29(23(28)31)15-19-9-7-16-6-8-17(24)12-20(16)26-19/h6-9,12-13,18H,4-5,10-11,14-15,25H2,1H3. The van der Waals surface area contributed by atoms with E-state index in [1.54, 1.807) is 23.6 Å². The Balaban J connectivity index is 1.76. The highest BCUT2D eigenvalue weighted by molar-refractivity contribution is 6.31. The molecule has 3 heterocycles. The maximum absolute atomic E-state index is 13.3. The molecule has 160 valence electrons. The number of piperidine rings is 1. The number of aromatic nitrogens is 3. The summed E-state index contributed by atoms with van der Waals surface area (Å²) in [5.41, 5.74) is 6.67. The lowest BCUT2D eigenvalue weighted by Gasteiger charge is -2.33. The molecule has 1 atom stereocenters. The molecular formula is C23H24ClN5O2. The summed E-state index contributed by atoms with van der Waals surface area (Å²) in [7, 11) is 0. The molecule has 1 fully saturated rings. The van der Waals surface area contributed by atoms with Gasteiger partial charge in [0.05, 0.1) is 24.3 Å². The Morgan fingerprint density at radius 2 is 2.00 bits per heavy atom. The van der Waals surface area contributed by atoms with Gasteiger partial charge in [-0.1, -0.05) is 29.7 Å². The number of pyridine rings is 1. The van der Waals surface area contributed by atoms with E-state index in [1.165, 1.54) is 10.6 Å².